The van der Waals surface area contributed by atoms with Crippen molar-refractivity contribution in [3.8, 4) is 11.5 Å². The third kappa shape index (κ3) is 5.44. The Labute approximate surface area is 180 Å². The predicted octanol–water partition coefficient (Wildman–Crippen LogP) is 4.04. The summed E-state index contributed by atoms with van der Waals surface area (Å²) in [6, 6.07) is 16.8. The summed E-state index contributed by atoms with van der Waals surface area (Å²) in [7, 11) is 1.80. The number of carbonyl (C=O) groups is 1. The number of para-hydroxylation sites is 1. The Morgan fingerprint density at radius 3 is 2.70 bits per heavy atom. The van der Waals surface area contributed by atoms with E-state index in [0.717, 1.165) is 49.3 Å². The number of carbonyl (C=O) groups excluding carboxylic acids is 1. The van der Waals surface area contributed by atoms with Gasteiger partial charge in [-0.25, -0.2) is 4.98 Å². The van der Waals surface area contributed by atoms with Crippen molar-refractivity contribution < 1.29 is 14.3 Å². The normalized spacial score (nSPS) is 14.4. The van der Waals surface area contributed by atoms with Crippen molar-refractivity contribution >= 4 is 17.2 Å². The fourth-order valence-corrected chi connectivity index (χ4v) is 4.12. The first-order valence-electron chi connectivity index (χ1n) is 9.99. The van der Waals surface area contributed by atoms with Crippen LogP contribution in [0.5, 0.6) is 11.5 Å². The van der Waals surface area contributed by atoms with Crippen molar-refractivity contribution in [3.05, 3.63) is 76.2 Å². The molecular formula is C23H25N3O3S. The molecule has 0 saturated carbocycles. The molecule has 6 nitrogen and oxygen atoms in total. The number of benzene rings is 2. The van der Waals surface area contributed by atoms with Gasteiger partial charge in [0.15, 0.2) is 0 Å². The molecule has 156 valence electrons. The molecule has 2 heterocycles. The maximum atomic E-state index is 12.9. The first kappa shape index (κ1) is 20.5. The van der Waals surface area contributed by atoms with E-state index in [2.05, 4.69) is 4.90 Å². The van der Waals surface area contributed by atoms with Crippen LogP contribution in [0.15, 0.2) is 60.0 Å². The van der Waals surface area contributed by atoms with Crippen molar-refractivity contribution in [2.45, 2.75) is 13.1 Å². The molecule has 7 heteroatoms. The molecule has 3 aromatic rings. The minimum absolute atomic E-state index is 0.0590. The van der Waals surface area contributed by atoms with E-state index in [1.165, 1.54) is 0 Å². The Balaban J connectivity index is 1.36. The number of aromatic nitrogens is 1. The van der Waals surface area contributed by atoms with Crippen LogP contribution < -0.4 is 4.74 Å². The standard InChI is InChI=1S/C23H25N3O3S/c1-25(15-19-17-30-22(24-19)16-26-10-12-28-13-11-26)23(27)18-6-5-9-21(14-18)29-20-7-3-2-4-8-20/h2-9,14,17H,10-13,15-16H2,1H3. The van der Waals surface area contributed by atoms with Gasteiger partial charge in [0.25, 0.3) is 5.91 Å². The van der Waals surface area contributed by atoms with Crippen molar-refractivity contribution in [2.24, 2.45) is 0 Å². The molecule has 1 amide bonds. The van der Waals surface area contributed by atoms with E-state index in [1.807, 2.05) is 53.9 Å². The zero-order valence-electron chi connectivity index (χ0n) is 17.0. The number of ether oxygens (including phenoxy) is 2. The average molecular weight is 424 g/mol. The summed E-state index contributed by atoms with van der Waals surface area (Å²) < 4.78 is 11.2. The summed E-state index contributed by atoms with van der Waals surface area (Å²) in [6.45, 7) is 4.75. The molecule has 0 radical (unpaired) electrons. The molecule has 1 saturated heterocycles. The van der Waals surface area contributed by atoms with Crippen LogP contribution in [0.2, 0.25) is 0 Å². The lowest BCUT2D eigenvalue weighted by atomic mass is 10.2. The van der Waals surface area contributed by atoms with E-state index in [0.29, 0.717) is 17.9 Å². The monoisotopic (exact) mass is 423 g/mol. The predicted molar refractivity (Wildman–Crippen MR) is 117 cm³/mol. The van der Waals surface area contributed by atoms with Gasteiger partial charge in [0.05, 0.1) is 32.0 Å². The van der Waals surface area contributed by atoms with E-state index in [-0.39, 0.29) is 5.91 Å². The molecular weight excluding hydrogens is 398 g/mol. The van der Waals surface area contributed by atoms with Gasteiger partial charge in [-0.2, -0.15) is 0 Å². The van der Waals surface area contributed by atoms with Gasteiger partial charge in [-0.3, -0.25) is 9.69 Å². The summed E-state index contributed by atoms with van der Waals surface area (Å²) >= 11 is 1.64. The van der Waals surface area contributed by atoms with Gasteiger partial charge in [0.1, 0.15) is 16.5 Å². The molecule has 0 unspecified atom stereocenters. The highest BCUT2D eigenvalue weighted by atomic mass is 32.1. The minimum atomic E-state index is -0.0590. The molecule has 1 aliphatic rings. The summed E-state index contributed by atoms with van der Waals surface area (Å²) in [5.41, 5.74) is 1.51. The fourth-order valence-electron chi connectivity index (χ4n) is 3.30. The average Bonchev–Trinajstić information content (AvgIpc) is 3.21. The van der Waals surface area contributed by atoms with Crippen LogP contribution in [0.3, 0.4) is 0 Å². The van der Waals surface area contributed by atoms with Crippen LogP contribution in [-0.4, -0.2) is 54.0 Å². The topological polar surface area (TPSA) is 54.9 Å². The van der Waals surface area contributed by atoms with E-state index in [4.69, 9.17) is 14.5 Å². The van der Waals surface area contributed by atoms with Gasteiger partial charge in [0, 0.05) is 31.1 Å². The Bertz CT molecular complexity index is 971. The zero-order valence-corrected chi connectivity index (χ0v) is 17.8. The maximum Gasteiger partial charge on any atom is 0.254 e. The second-order valence-corrected chi connectivity index (χ2v) is 8.17. The molecule has 0 bridgehead atoms. The number of morpholine rings is 1. The van der Waals surface area contributed by atoms with Gasteiger partial charge in [-0.1, -0.05) is 24.3 Å². The highest BCUT2D eigenvalue weighted by molar-refractivity contribution is 7.09. The number of rotatable bonds is 7. The van der Waals surface area contributed by atoms with Gasteiger partial charge in [-0.05, 0) is 30.3 Å². The van der Waals surface area contributed by atoms with Crippen LogP contribution >= 0.6 is 11.3 Å². The lowest BCUT2D eigenvalue weighted by molar-refractivity contribution is 0.0341. The maximum absolute atomic E-state index is 12.9. The third-order valence-electron chi connectivity index (χ3n) is 4.87. The number of hydrogen-bond donors (Lipinski definition) is 0. The Morgan fingerprint density at radius 2 is 1.90 bits per heavy atom. The Kier molecular flexibility index (Phi) is 6.74. The Hall–Kier alpha value is -2.74. The van der Waals surface area contributed by atoms with Gasteiger partial charge < -0.3 is 14.4 Å². The molecule has 4 rings (SSSR count). The summed E-state index contributed by atoms with van der Waals surface area (Å²) in [5, 5.41) is 3.11. The molecule has 1 fully saturated rings. The van der Waals surface area contributed by atoms with Crippen molar-refractivity contribution in [1.29, 1.82) is 0 Å². The highest BCUT2D eigenvalue weighted by Crippen LogP contribution is 2.23. The van der Waals surface area contributed by atoms with Crippen LogP contribution in [-0.2, 0) is 17.8 Å². The fraction of sp³-hybridized carbons (Fsp3) is 0.304. The smallest absolute Gasteiger partial charge is 0.254 e. The van der Waals surface area contributed by atoms with Gasteiger partial charge in [0.2, 0.25) is 0 Å². The number of nitrogens with zero attached hydrogens (tertiary/aromatic N) is 3. The quantitative estimate of drug-likeness (QED) is 0.574. The molecule has 1 aliphatic heterocycles. The number of hydrogen-bond acceptors (Lipinski definition) is 6. The van der Waals surface area contributed by atoms with Crippen LogP contribution in [0.4, 0.5) is 0 Å². The molecule has 0 N–H and O–H groups in total. The van der Waals surface area contributed by atoms with E-state index in [9.17, 15) is 4.79 Å². The minimum Gasteiger partial charge on any atom is -0.457 e. The largest absolute Gasteiger partial charge is 0.457 e. The SMILES string of the molecule is CN(Cc1csc(CN2CCOCC2)n1)C(=O)c1cccc(Oc2ccccc2)c1. The van der Waals surface area contributed by atoms with Crippen molar-refractivity contribution in [1.82, 2.24) is 14.8 Å². The lowest BCUT2D eigenvalue weighted by Crippen LogP contribution is -2.35. The molecule has 0 aliphatic carbocycles. The second kappa shape index (κ2) is 9.84. The molecule has 0 spiro atoms. The van der Waals surface area contributed by atoms with E-state index in [1.54, 1.807) is 29.4 Å². The van der Waals surface area contributed by atoms with Gasteiger partial charge in [-0.15, -0.1) is 11.3 Å². The summed E-state index contributed by atoms with van der Waals surface area (Å²) in [4.78, 5) is 21.6. The number of thiazole rings is 1. The summed E-state index contributed by atoms with van der Waals surface area (Å²) in [6.07, 6.45) is 0. The third-order valence-corrected chi connectivity index (χ3v) is 5.75. The number of amides is 1. The Morgan fingerprint density at radius 1 is 1.13 bits per heavy atom. The van der Waals surface area contributed by atoms with Crippen LogP contribution in [0.25, 0.3) is 0 Å². The highest BCUT2D eigenvalue weighted by Gasteiger charge is 2.16. The summed E-state index contributed by atoms with van der Waals surface area (Å²) in [5.74, 6) is 1.32. The van der Waals surface area contributed by atoms with Crippen molar-refractivity contribution in [2.75, 3.05) is 33.4 Å². The zero-order chi connectivity index (χ0) is 20.8. The molecule has 1 aromatic heterocycles. The first-order valence-corrected chi connectivity index (χ1v) is 10.9. The first-order chi connectivity index (χ1) is 14.7. The van der Waals surface area contributed by atoms with Crippen LogP contribution in [0, 0.1) is 0 Å². The van der Waals surface area contributed by atoms with E-state index < -0.39 is 0 Å². The molecule has 0 atom stereocenters. The van der Waals surface area contributed by atoms with E-state index >= 15 is 0 Å². The second-order valence-electron chi connectivity index (χ2n) is 7.23. The molecule has 2 aromatic carbocycles. The lowest BCUT2D eigenvalue weighted by Gasteiger charge is -2.25. The van der Waals surface area contributed by atoms with Crippen LogP contribution in [0.1, 0.15) is 21.1 Å². The molecule has 30 heavy (non-hydrogen) atoms. The van der Waals surface area contributed by atoms with Gasteiger partial charge >= 0.3 is 0 Å². The van der Waals surface area contributed by atoms with Crippen molar-refractivity contribution in [3.63, 3.8) is 0 Å².